The number of nitrogens with one attached hydrogen (secondary N) is 1. The molecule has 1 heterocycles. The van der Waals surface area contributed by atoms with Crippen molar-refractivity contribution in [3.63, 3.8) is 0 Å². The van der Waals surface area contributed by atoms with Crippen molar-refractivity contribution in [3.8, 4) is 11.5 Å². The lowest BCUT2D eigenvalue weighted by atomic mass is 10.2. The number of anilines is 2. The fourth-order valence-electron chi connectivity index (χ4n) is 1.85. The number of benzene rings is 2. The van der Waals surface area contributed by atoms with Gasteiger partial charge in [-0.15, -0.1) is 0 Å². The summed E-state index contributed by atoms with van der Waals surface area (Å²) in [6, 6.07) is 9.93. The molecule has 1 aliphatic rings. The van der Waals surface area contributed by atoms with Crippen LogP contribution in [0, 0.1) is 0 Å². The van der Waals surface area contributed by atoms with Crippen LogP contribution in [0.4, 0.5) is 11.4 Å². The molecule has 0 radical (unpaired) electrons. The number of rotatable bonds is 2. The molecule has 6 heteroatoms. The van der Waals surface area contributed by atoms with E-state index in [1.165, 1.54) is 0 Å². The number of amides is 1. The topological polar surface area (TPSA) is 73.6 Å². The van der Waals surface area contributed by atoms with Crippen molar-refractivity contribution in [2.75, 3.05) is 17.8 Å². The molecule has 3 N–H and O–H groups in total. The Bertz CT molecular complexity index is 688. The van der Waals surface area contributed by atoms with Crippen molar-refractivity contribution in [3.05, 3.63) is 47.0 Å². The normalized spacial score (nSPS) is 12.2. The van der Waals surface area contributed by atoms with E-state index in [1.54, 1.807) is 36.4 Å². The number of hydrogen-bond donors (Lipinski definition) is 2. The number of carbonyl (C=O) groups is 1. The molecule has 2 aromatic carbocycles. The van der Waals surface area contributed by atoms with E-state index in [2.05, 4.69) is 5.32 Å². The van der Waals surface area contributed by atoms with Crippen LogP contribution in [0.15, 0.2) is 36.4 Å². The van der Waals surface area contributed by atoms with Gasteiger partial charge in [0.05, 0.1) is 10.7 Å². The Morgan fingerprint density at radius 3 is 2.75 bits per heavy atom. The fourth-order valence-corrected chi connectivity index (χ4v) is 2.03. The lowest BCUT2D eigenvalue weighted by Gasteiger charge is -2.07. The van der Waals surface area contributed by atoms with Crippen molar-refractivity contribution in [2.45, 2.75) is 0 Å². The number of ether oxygens (including phenoxy) is 2. The van der Waals surface area contributed by atoms with E-state index in [0.717, 1.165) is 0 Å². The number of nitrogen functional groups attached to an aromatic ring is 1. The summed E-state index contributed by atoms with van der Waals surface area (Å²) in [5, 5.41) is 3.14. The third-order valence-electron chi connectivity index (χ3n) is 2.89. The first-order valence-corrected chi connectivity index (χ1v) is 6.27. The molecule has 0 atom stereocenters. The first-order chi connectivity index (χ1) is 9.63. The molecule has 2 aromatic rings. The van der Waals surface area contributed by atoms with Crippen LogP contribution in [0.1, 0.15) is 10.4 Å². The van der Waals surface area contributed by atoms with Crippen molar-refractivity contribution >= 4 is 28.9 Å². The summed E-state index contributed by atoms with van der Waals surface area (Å²) < 4.78 is 10.4. The molecule has 0 saturated heterocycles. The third-order valence-corrected chi connectivity index (χ3v) is 3.22. The molecule has 20 heavy (non-hydrogen) atoms. The van der Waals surface area contributed by atoms with Crippen LogP contribution < -0.4 is 20.5 Å². The maximum absolute atomic E-state index is 12.1. The molecule has 1 amide bonds. The van der Waals surface area contributed by atoms with Crippen molar-refractivity contribution in [1.29, 1.82) is 0 Å². The SMILES string of the molecule is Nc1ccc(NC(=O)c2ccc3c(c2)OCO3)cc1Cl. The van der Waals surface area contributed by atoms with Crippen LogP contribution >= 0.6 is 11.6 Å². The number of halogens is 1. The highest BCUT2D eigenvalue weighted by Crippen LogP contribution is 2.32. The third kappa shape index (κ3) is 2.35. The Kier molecular flexibility index (Phi) is 3.12. The van der Waals surface area contributed by atoms with E-state index in [1.807, 2.05) is 0 Å². The van der Waals surface area contributed by atoms with Crippen molar-refractivity contribution in [1.82, 2.24) is 0 Å². The van der Waals surface area contributed by atoms with Gasteiger partial charge in [-0.2, -0.15) is 0 Å². The molecule has 0 spiro atoms. The minimum Gasteiger partial charge on any atom is -0.454 e. The predicted molar refractivity (Wildman–Crippen MR) is 76.4 cm³/mol. The molecule has 0 fully saturated rings. The zero-order chi connectivity index (χ0) is 14.1. The van der Waals surface area contributed by atoms with Gasteiger partial charge in [-0.25, -0.2) is 0 Å². The van der Waals surface area contributed by atoms with Crippen LogP contribution in [0.3, 0.4) is 0 Å². The maximum atomic E-state index is 12.1. The summed E-state index contributed by atoms with van der Waals surface area (Å²) in [6.07, 6.45) is 0. The van der Waals surface area contributed by atoms with Gasteiger partial charge in [0.25, 0.3) is 5.91 Å². The van der Waals surface area contributed by atoms with E-state index in [9.17, 15) is 4.79 Å². The first-order valence-electron chi connectivity index (χ1n) is 5.89. The Hall–Kier alpha value is -2.40. The molecule has 1 aliphatic heterocycles. The van der Waals surface area contributed by atoms with Crippen LogP contribution in [-0.2, 0) is 0 Å². The first kappa shape index (κ1) is 12.6. The summed E-state index contributed by atoms with van der Waals surface area (Å²) in [4.78, 5) is 12.1. The van der Waals surface area contributed by atoms with Crippen LogP contribution in [0.5, 0.6) is 11.5 Å². The largest absolute Gasteiger partial charge is 0.454 e. The van der Waals surface area contributed by atoms with Gasteiger partial charge in [0.2, 0.25) is 6.79 Å². The van der Waals surface area contributed by atoms with Crippen LogP contribution in [0.2, 0.25) is 5.02 Å². The summed E-state index contributed by atoms with van der Waals surface area (Å²) >= 11 is 5.91. The van der Waals surface area contributed by atoms with Gasteiger partial charge in [-0.3, -0.25) is 4.79 Å². The quantitative estimate of drug-likeness (QED) is 0.834. The maximum Gasteiger partial charge on any atom is 0.255 e. The predicted octanol–water partition coefficient (Wildman–Crippen LogP) is 2.90. The molecule has 0 aliphatic carbocycles. The number of fused-ring (bicyclic) bond motifs is 1. The lowest BCUT2D eigenvalue weighted by molar-refractivity contribution is 0.102. The van der Waals surface area contributed by atoms with Crippen LogP contribution in [0.25, 0.3) is 0 Å². The number of carbonyl (C=O) groups excluding carboxylic acids is 1. The zero-order valence-electron chi connectivity index (χ0n) is 10.4. The highest BCUT2D eigenvalue weighted by molar-refractivity contribution is 6.33. The van der Waals surface area contributed by atoms with Gasteiger partial charge in [-0.1, -0.05) is 11.6 Å². The number of hydrogen-bond acceptors (Lipinski definition) is 4. The molecule has 5 nitrogen and oxygen atoms in total. The second-order valence-corrected chi connectivity index (χ2v) is 4.67. The second-order valence-electron chi connectivity index (χ2n) is 4.26. The molecule has 3 rings (SSSR count). The molecule has 102 valence electrons. The summed E-state index contributed by atoms with van der Waals surface area (Å²) in [6.45, 7) is 0.175. The summed E-state index contributed by atoms with van der Waals surface area (Å²) in [5.41, 5.74) is 7.13. The zero-order valence-corrected chi connectivity index (χ0v) is 11.1. The van der Waals surface area contributed by atoms with E-state index < -0.39 is 0 Å². The number of nitrogens with two attached hydrogens (primary N) is 1. The smallest absolute Gasteiger partial charge is 0.255 e. The van der Waals surface area contributed by atoms with Crippen molar-refractivity contribution in [2.24, 2.45) is 0 Å². The fraction of sp³-hybridized carbons (Fsp3) is 0.0714. The van der Waals surface area contributed by atoms with Gasteiger partial charge in [0, 0.05) is 11.3 Å². The van der Waals surface area contributed by atoms with Gasteiger partial charge in [0.1, 0.15) is 0 Å². The monoisotopic (exact) mass is 290 g/mol. The highest BCUT2D eigenvalue weighted by Gasteiger charge is 2.16. The average Bonchev–Trinajstić information content (AvgIpc) is 2.90. The van der Waals surface area contributed by atoms with E-state index in [-0.39, 0.29) is 12.7 Å². The van der Waals surface area contributed by atoms with E-state index in [0.29, 0.717) is 33.5 Å². The highest BCUT2D eigenvalue weighted by atomic mass is 35.5. The minimum atomic E-state index is -0.260. The molecular formula is C14H11ClN2O3. The van der Waals surface area contributed by atoms with Gasteiger partial charge < -0.3 is 20.5 Å². The molecule has 0 unspecified atom stereocenters. The van der Waals surface area contributed by atoms with Gasteiger partial charge >= 0.3 is 0 Å². The van der Waals surface area contributed by atoms with Gasteiger partial charge in [0.15, 0.2) is 11.5 Å². The molecule has 0 bridgehead atoms. The van der Waals surface area contributed by atoms with E-state index in [4.69, 9.17) is 26.8 Å². The average molecular weight is 291 g/mol. The Labute approximate surface area is 120 Å². The molecule has 0 aromatic heterocycles. The summed E-state index contributed by atoms with van der Waals surface area (Å²) in [5.74, 6) is 0.939. The Morgan fingerprint density at radius 1 is 1.15 bits per heavy atom. The Morgan fingerprint density at radius 2 is 1.95 bits per heavy atom. The van der Waals surface area contributed by atoms with Crippen LogP contribution in [-0.4, -0.2) is 12.7 Å². The molecular weight excluding hydrogens is 280 g/mol. The van der Waals surface area contributed by atoms with Gasteiger partial charge in [-0.05, 0) is 36.4 Å². The van der Waals surface area contributed by atoms with Crippen molar-refractivity contribution < 1.29 is 14.3 Å². The minimum absolute atomic E-state index is 0.175. The molecule has 0 saturated carbocycles. The van der Waals surface area contributed by atoms with E-state index >= 15 is 0 Å². The second kappa shape index (κ2) is 4.94. The lowest BCUT2D eigenvalue weighted by Crippen LogP contribution is -2.11. The summed E-state index contributed by atoms with van der Waals surface area (Å²) in [7, 11) is 0. The Balaban J connectivity index is 1.80. The standard InChI is InChI=1S/C14H11ClN2O3/c15-10-6-9(2-3-11(10)16)17-14(18)8-1-4-12-13(5-8)20-7-19-12/h1-6H,7,16H2,(H,17,18).